The first-order chi connectivity index (χ1) is 10.7. The molecule has 2 aromatic rings. The van der Waals surface area contributed by atoms with Gasteiger partial charge in [-0.1, -0.05) is 0 Å². The minimum Gasteiger partial charge on any atom is -0.368 e. The number of fused-ring (bicyclic) bond motifs is 1. The molecule has 1 N–H and O–H groups in total. The molecule has 1 aliphatic heterocycles. The molecule has 0 spiro atoms. The SMILES string of the molecule is CC(C)Nc1ncnc2c1CCN(Cc1ccncc1)CC2. The Morgan fingerprint density at radius 2 is 1.91 bits per heavy atom. The van der Waals surface area contributed by atoms with Gasteiger partial charge in [-0.3, -0.25) is 9.88 Å². The zero-order chi connectivity index (χ0) is 15.4. The molecule has 0 atom stereocenters. The quantitative estimate of drug-likeness (QED) is 0.938. The third kappa shape index (κ3) is 3.60. The molecule has 0 radical (unpaired) electrons. The van der Waals surface area contributed by atoms with Gasteiger partial charge >= 0.3 is 0 Å². The molecule has 0 unspecified atom stereocenters. The number of nitrogens with one attached hydrogen (secondary N) is 1. The summed E-state index contributed by atoms with van der Waals surface area (Å²) >= 11 is 0. The van der Waals surface area contributed by atoms with E-state index < -0.39 is 0 Å². The second-order valence-corrected chi connectivity index (χ2v) is 6.08. The van der Waals surface area contributed by atoms with Crippen LogP contribution in [0, 0.1) is 0 Å². The summed E-state index contributed by atoms with van der Waals surface area (Å²) in [5, 5.41) is 3.45. The smallest absolute Gasteiger partial charge is 0.133 e. The lowest BCUT2D eigenvalue weighted by atomic mass is 10.1. The predicted octanol–water partition coefficient (Wildman–Crippen LogP) is 2.29. The van der Waals surface area contributed by atoms with Gasteiger partial charge in [-0.05, 0) is 38.0 Å². The summed E-state index contributed by atoms with van der Waals surface area (Å²) < 4.78 is 0. The maximum Gasteiger partial charge on any atom is 0.133 e. The lowest BCUT2D eigenvalue weighted by Gasteiger charge is -2.19. The fourth-order valence-electron chi connectivity index (χ4n) is 2.88. The Kier molecular flexibility index (Phi) is 4.63. The van der Waals surface area contributed by atoms with Crippen LogP contribution in [0.5, 0.6) is 0 Å². The number of anilines is 1. The van der Waals surface area contributed by atoms with Crippen LogP contribution in [-0.2, 0) is 19.4 Å². The van der Waals surface area contributed by atoms with Gasteiger partial charge in [0.1, 0.15) is 12.1 Å². The normalized spacial score (nSPS) is 15.4. The highest BCUT2D eigenvalue weighted by molar-refractivity contribution is 5.47. The molecule has 0 bridgehead atoms. The van der Waals surface area contributed by atoms with Crippen LogP contribution in [0.1, 0.15) is 30.7 Å². The van der Waals surface area contributed by atoms with Crippen LogP contribution in [0.2, 0.25) is 0 Å². The summed E-state index contributed by atoms with van der Waals surface area (Å²) in [6.07, 6.45) is 7.38. The van der Waals surface area contributed by atoms with Gasteiger partial charge in [0, 0.05) is 50.1 Å². The third-order valence-corrected chi connectivity index (χ3v) is 3.96. The number of pyridine rings is 1. The zero-order valence-electron chi connectivity index (χ0n) is 13.3. The van der Waals surface area contributed by atoms with Crippen molar-refractivity contribution in [2.75, 3.05) is 18.4 Å². The van der Waals surface area contributed by atoms with Gasteiger partial charge in [-0.15, -0.1) is 0 Å². The van der Waals surface area contributed by atoms with Crippen LogP contribution in [0.3, 0.4) is 0 Å². The van der Waals surface area contributed by atoms with E-state index in [1.165, 1.54) is 16.8 Å². The fourth-order valence-corrected chi connectivity index (χ4v) is 2.88. The average Bonchev–Trinajstić information content (AvgIpc) is 2.71. The molecule has 2 aromatic heterocycles. The van der Waals surface area contributed by atoms with Crippen molar-refractivity contribution in [1.29, 1.82) is 0 Å². The van der Waals surface area contributed by atoms with Gasteiger partial charge in [0.2, 0.25) is 0 Å². The van der Waals surface area contributed by atoms with Crippen molar-refractivity contribution in [3.05, 3.63) is 47.7 Å². The van der Waals surface area contributed by atoms with E-state index >= 15 is 0 Å². The largest absolute Gasteiger partial charge is 0.368 e. The number of rotatable bonds is 4. The summed E-state index contributed by atoms with van der Waals surface area (Å²) in [5.74, 6) is 1.01. The van der Waals surface area contributed by atoms with Crippen molar-refractivity contribution in [1.82, 2.24) is 19.9 Å². The fraction of sp³-hybridized carbons (Fsp3) is 0.471. The first-order valence-corrected chi connectivity index (χ1v) is 7.93. The van der Waals surface area contributed by atoms with Crippen molar-refractivity contribution in [2.45, 2.75) is 39.3 Å². The molecule has 0 saturated carbocycles. The van der Waals surface area contributed by atoms with E-state index in [1.807, 2.05) is 12.4 Å². The molecule has 5 heteroatoms. The molecule has 5 nitrogen and oxygen atoms in total. The summed E-state index contributed by atoms with van der Waals surface area (Å²) in [7, 11) is 0. The molecule has 1 aliphatic rings. The average molecular weight is 297 g/mol. The van der Waals surface area contributed by atoms with Gasteiger partial charge in [0.25, 0.3) is 0 Å². The van der Waals surface area contributed by atoms with Gasteiger partial charge < -0.3 is 5.32 Å². The summed E-state index contributed by atoms with van der Waals surface area (Å²) in [5.41, 5.74) is 3.79. The van der Waals surface area contributed by atoms with E-state index in [9.17, 15) is 0 Å². The Balaban J connectivity index is 1.72. The molecule has 22 heavy (non-hydrogen) atoms. The zero-order valence-corrected chi connectivity index (χ0v) is 13.3. The maximum absolute atomic E-state index is 4.50. The van der Waals surface area contributed by atoms with Gasteiger partial charge in [-0.25, -0.2) is 9.97 Å². The van der Waals surface area contributed by atoms with E-state index in [1.54, 1.807) is 6.33 Å². The lowest BCUT2D eigenvalue weighted by molar-refractivity contribution is 0.279. The molecular formula is C17H23N5. The molecule has 0 aromatic carbocycles. The summed E-state index contributed by atoms with van der Waals surface area (Å²) in [4.78, 5) is 15.5. The standard InChI is InChI=1S/C17H23N5/c1-13(2)21-17-15-5-9-22(10-6-16(15)19-12-20-17)11-14-3-7-18-8-4-14/h3-4,7-8,12-13H,5-6,9-11H2,1-2H3,(H,19,20,21). The minimum absolute atomic E-state index is 0.384. The Morgan fingerprint density at radius 3 is 2.68 bits per heavy atom. The number of nitrogens with zero attached hydrogens (tertiary/aromatic N) is 4. The van der Waals surface area contributed by atoms with Crippen molar-refractivity contribution in [2.24, 2.45) is 0 Å². The first-order valence-electron chi connectivity index (χ1n) is 7.93. The van der Waals surface area contributed by atoms with Gasteiger partial charge in [-0.2, -0.15) is 0 Å². The Morgan fingerprint density at radius 1 is 1.14 bits per heavy atom. The Bertz CT molecular complexity index is 612. The van der Waals surface area contributed by atoms with Crippen molar-refractivity contribution in [3.8, 4) is 0 Å². The third-order valence-electron chi connectivity index (χ3n) is 3.96. The van der Waals surface area contributed by atoms with Crippen LogP contribution >= 0.6 is 0 Å². The molecule has 0 amide bonds. The molecule has 0 saturated heterocycles. The van der Waals surface area contributed by atoms with E-state index in [4.69, 9.17) is 0 Å². The Hall–Kier alpha value is -2.01. The second-order valence-electron chi connectivity index (χ2n) is 6.08. The van der Waals surface area contributed by atoms with Crippen LogP contribution < -0.4 is 5.32 Å². The first kappa shape index (κ1) is 14.9. The van der Waals surface area contributed by atoms with Crippen molar-refractivity contribution < 1.29 is 0 Å². The topological polar surface area (TPSA) is 53.9 Å². The highest BCUT2D eigenvalue weighted by Gasteiger charge is 2.18. The lowest BCUT2D eigenvalue weighted by Crippen LogP contribution is -2.26. The van der Waals surface area contributed by atoms with E-state index in [2.05, 4.69) is 51.1 Å². The van der Waals surface area contributed by atoms with Gasteiger partial charge in [0.15, 0.2) is 0 Å². The summed E-state index contributed by atoms with van der Waals surface area (Å²) in [6.45, 7) is 7.32. The van der Waals surface area contributed by atoms with Crippen molar-refractivity contribution in [3.63, 3.8) is 0 Å². The maximum atomic E-state index is 4.50. The van der Waals surface area contributed by atoms with Crippen molar-refractivity contribution >= 4 is 5.82 Å². The number of aromatic nitrogens is 3. The van der Waals surface area contributed by atoms with Crippen LogP contribution in [0.25, 0.3) is 0 Å². The molecule has 3 heterocycles. The monoisotopic (exact) mass is 297 g/mol. The highest BCUT2D eigenvalue weighted by Crippen LogP contribution is 2.21. The van der Waals surface area contributed by atoms with E-state index in [0.29, 0.717) is 6.04 Å². The highest BCUT2D eigenvalue weighted by atomic mass is 15.1. The van der Waals surface area contributed by atoms with Crippen LogP contribution in [-0.4, -0.2) is 39.0 Å². The minimum atomic E-state index is 0.384. The summed E-state index contributed by atoms with van der Waals surface area (Å²) in [6, 6.07) is 4.56. The molecular weight excluding hydrogens is 274 g/mol. The second kappa shape index (κ2) is 6.83. The number of hydrogen-bond donors (Lipinski definition) is 1. The Labute approximate surface area is 131 Å². The molecule has 0 aliphatic carbocycles. The van der Waals surface area contributed by atoms with Crippen LogP contribution in [0.15, 0.2) is 30.9 Å². The van der Waals surface area contributed by atoms with E-state index in [0.717, 1.165) is 38.3 Å². The van der Waals surface area contributed by atoms with Gasteiger partial charge in [0.05, 0.1) is 5.69 Å². The predicted molar refractivity (Wildman–Crippen MR) is 87.7 cm³/mol. The number of hydrogen-bond acceptors (Lipinski definition) is 5. The molecule has 0 fully saturated rings. The van der Waals surface area contributed by atoms with E-state index in [-0.39, 0.29) is 0 Å². The van der Waals surface area contributed by atoms with Crippen LogP contribution in [0.4, 0.5) is 5.82 Å². The molecule has 3 rings (SSSR count). The molecule has 116 valence electrons.